The second-order valence-electron chi connectivity index (χ2n) is 6.46. The minimum atomic E-state index is 0.151. The van der Waals surface area contributed by atoms with Gasteiger partial charge < -0.3 is 0 Å². The van der Waals surface area contributed by atoms with Crippen molar-refractivity contribution in [1.82, 2.24) is 4.90 Å². The van der Waals surface area contributed by atoms with E-state index < -0.39 is 0 Å². The Labute approximate surface area is 134 Å². The molecule has 2 nitrogen and oxygen atoms in total. The highest BCUT2D eigenvalue weighted by Crippen LogP contribution is 2.18. The van der Waals surface area contributed by atoms with Crippen molar-refractivity contribution >= 4 is 16.6 Å². The van der Waals surface area contributed by atoms with Gasteiger partial charge in [-0.1, -0.05) is 50.2 Å². The van der Waals surface area contributed by atoms with Gasteiger partial charge in [-0.15, -0.1) is 0 Å². The molecule has 0 aliphatic carbocycles. The Morgan fingerprint density at radius 3 is 2.36 bits per heavy atom. The number of ketones is 1. The molecule has 0 saturated carbocycles. The Kier molecular flexibility index (Phi) is 5.73. The minimum absolute atomic E-state index is 0.151. The van der Waals surface area contributed by atoms with E-state index in [0.717, 1.165) is 13.0 Å². The Morgan fingerprint density at radius 1 is 1.05 bits per heavy atom. The molecule has 0 saturated heterocycles. The molecular formula is C20H27NO. The summed E-state index contributed by atoms with van der Waals surface area (Å²) >= 11 is 0. The highest BCUT2D eigenvalue weighted by molar-refractivity contribution is 5.83. The Morgan fingerprint density at radius 2 is 1.73 bits per heavy atom. The van der Waals surface area contributed by atoms with E-state index in [4.69, 9.17) is 0 Å². The van der Waals surface area contributed by atoms with Gasteiger partial charge in [0.15, 0.2) is 0 Å². The first-order valence-corrected chi connectivity index (χ1v) is 8.25. The summed E-state index contributed by atoms with van der Waals surface area (Å²) in [6.45, 7) is 9.78. The van der Waals surface area contributed by atoms with Crippen LogP contribution in [0.15, 0.2) is 42.5 Å². The van der Waals surface area contributed by atoms with E-state index in [9.17, 15) is 4.79 Å². The van der Waals surface area contributed by atoms with Gasteiger partial charge in [-0.05, 0) is 42.7 Å². The minimum Gasteiger partial charge on any atom is -0.298 e. The number of rotatable bonds is 7. The summed E-state index contributed by atoms with van der Waals surface area (Å²) in [5.74, 6) is 0.495. The van der Waals surface area contributed by atoms with E-state index >= 15 is 0 Å². The average molecular weight is 297 g/mol. The molecule has 2 heteroatoms. The Bertz CT molecular complexity index is 632. The summed E-state index contributed by atoms with van der Waals surface area (Å²) in [7, 11) is 0. The number of hydrogen-bond donors (Lipinski definition) is 0. The molecule has 2 rings (SSSR count). The third-order valence-electron chi connectivity index (χ3n) is 4.45. The maximum atomic E-state index is 12.2. The number of fused-ring (bicyclic) bond motifs is 1. The van der Waals surface area contributed by atoms with Gasteiger partial charge in [-0.2, -0.15) is 0 Å². The fraction of sp³-hybridized carbons (Fsp3) is 0.450. The summed E-state index contributed by atoms with van der Waals surface area (Å²) in [6.07, 6.45) is 0.917. The van der Waals surface area contributed by atoms with Gasteiger partial charge in [-0.25, -0.2) is 0 Å². The predicted octanol–water partition coefficient (Wildman–Crippen LogP) is 4.67. The molecule has 0 spiro atoms. The molecule has 0 heterocycles. The zero-order valence-corrected chi connectivity index (χ0v) is 14.2. The third-order valence-corrected chi connectivity index (χ3v) is 4.45. The van der Waals surface area contributed by atoms with Crippen LogP contribution in [0.1, 0.15) is 39.7 Å². The Hall–Kier alpha value is -1.67. The van der Waals surface area contributed by atoms with Crippen LogP contribution < -0.4 is 0 Å². The van der Waals surface area contributed by atoms with Crippen LogP contribution in [0.3, 0.4) is 0 Å². The summed E-state index contributed by atoms with van der Waals surface area (Å²) in [5, 5.41) is 2.52. The lowest BCUT2D eigenvalue weighted by Gasteiger charge is -2.27. The van der Waals surface area contributed by atoms with E-state index in [0.29, 0.717) is 18.4 Å². The molecule has 1 atom stereocenters. The van der Waals surface area contributed by atoms with Crippen LogP contribution in [0, 0.1) is 5.92 Å². The normalized spacial score (nSPS) is 13.0. The van der Waals surface area contributed by atoms with Crippen LogP contribution in [0.25, 0.3) is 10.8 Å². The first-order valence-electron chi connectivity index (χ1n) is 8.25. The maximum Gasteiger partial charge on any atom is 0.149 e. The smallest absolute Gasteiger partial charge is 0.149 e. The van der Waals surface area contributed by atoms with Gasteiger partial charge >= 0.3 is 0 Å². The number of Topliss-reactive ketones (excluding diaryl/α,β-unsaturated/α-hetero) is 1. The van der Waals surface area contributed by atoms with E-state index in [1.807, 2.05) is 6.92 Å². The molecule has 0 fully saturated rings. The second kappa shape index (κ2) is 7.55. The number of carbonyl (C=O) groups is 1. The van der Waals surface area contributed by atoms with Crippen LogP contribution in [0.4, 0.5) is 0 Å². The van der Waals surface area contributed by atoms with E-state index in [1.54, 1.807) is 0 Å². The predicted molar refractivity (Wildman–Crippen MR) is 94.0 cm³/mol. The summed E-state index contributed by atoms with van der Waals surface area (Å²) in [4.78, 5) is 14.5. The number of hydrogen-bond acceptors (Lipinski definition) is 2. The number of nitrogens with zero attached hydrogens (tertiary/aromatic N) is 1. The van der Waals surface area contributed by atoms with Crippen molar-refractivity contribution in [3.05, 3.63) is 48.0 Å². The number of carbonyl (C=O) groups excluding carboxylic acids is 1. The first kappa shape index (κ1) is 16.7. The van der Waals surface area contributed by atoms with Gasteiger partial charge in [-0.3, -0.25) is 9.69 Å². The summed E-state index contributed by atoms with van der Waals surface area (Å²) in [5.41, 5.74) is 1.27. The molecule has 22 heavy (non-hydrogen) atoms. The highest BCUT2D eigenvalue weighted by Gasteiger charge is 2.18. The number of benzene rings is 2. The first-order chi connectivity index (χ1) is 10.5. The quantitative estimate of drug-likeness (QED) is 0.740. The maximum absolute atomic E-state index is 12.2. The van der Waals surface area contributed by atoms with E-state index in [1.165, 1.54) is 16.3 Å². The van der Waals surface area contributed by atoms with E-state index in [-0.39, 0.29) is 5.92 Å². The van der Waals surface area contributed by atoms with Crippen molar-refractivity contribution in [2.75, 3.05) is 6.54 Å². The van der Waals surface area contributed by atoms with Gasteiger partial charge in [0.1, 0.15) is 5.78 Å². The SMILES string of the molecule is CCC(C)C(=O)CN(Cc1ccc2ccccc2c1)C(C)C. The largest absolute Gasteiger partial charge is 0.298 e. The molecule has 0 radical (unpaired) electrons. The van der Waals surface area contributed by atoms with Crippen molar-refractivity contribution < 1.29 is 4.79 Å². The Balaban J connectivity index is 2.13. The molecule has 0 aromatic heterocycles. The van der Waals surface area contributed by atoms with Crippen LogP contribution in [0.2, 0.25) is 0 Å². The van der Waals surface area contributed by atoms with Crippen molar-refractivity contribution in [2.45, 2.75) is 46.7 Å². The lowest BCUT2D eigenvalue weighted by molar-refractivity contribution is -0.124. The standard InChI is InChI=1S/C20H27NO/c1-5-16(4)20(22)14-21(15(2)3)13-17-10-11-18-8-6-7-9-19(18)12-17/h6-12,15-16H,5,13-14H2,1-4H3. The summed E-state index contributed by atoms with van der Waals surface area (Å²) in [6, 6.07) is 15.3. The monoisotopic (exact) mass is 297 g/mol. The van der Waals surface area contributed by atoms with Crippen LogP contribution >= 0.6 is 0 Å². The highest BCUT2D eigenvalue weighted by atomic mass is 16.1. The molecule has 0 bridgehead atoms. The molecule has 0 amide bonds. The van der Waals surface area contributed by atoms with Crippen molar-refractivity contribution in [2.24, 2.45) is 5.92 Å². The molecular weight excluding hydrogens is 270 g/mol. The molecule has 0 aliphatic rings. The van der Waals surface area contributed by atoms with Gasteiger partial charge in [0.05, 0.1) is 6.54 Å². The zero-order valence-electron chi connectivity index (χ0n) is 14.2. The topological polar surface area (TPSA) is 20.3 Å². The van der Waals surface area contributed by atoms with Crippen LogP contribution in [-0.4, -0.2) is 23.3 Å². The van der Waals surface area contributed by atoms with Crippen molar-refractivity contribution in [3.8, 4) is 0 Å². The summed E-state index contributed by atoms with van der Waals surface area (Å²) < 4.78 is 0. The molecule has 1 unspecified atom stereocenters. The van der Waals surface area contributed by atoms with Crippen molar-refractivity contribution in [1.29, 1.82) is 0 Å². The molecule has 0 aliphatic heterocycles. The lowest BCUT2D eigenvalue weighted by Crippen LogP contribution is -2.37. The average Bonchev–Trinajstić information content (AvgIpc) is 2.53. The van der Waals surface area contributed by atoms with Crippen LogP contribution in [0.5, 0.6) is 0 Å². The fourth-order valence-electron chi connectivity index (χ4n) is 2.58. The van der Waals surface area contributed by atoms with Gasteiger partial charge in [0.25, 0.3) is 0 Å². The lowest BCUT2D eigenvalue weighted by atomic mass is 10.0. The fourth-order valence-corrected chi connectivity index (χ4v) is 2.58. The zero-order chi connectivity index (χ0) is 16.1. The van der Waals surface area contributed by atoms with Crippen molar-refractivity contribution in [3.63, 3.8) is 0 Å². The van der Waals surface area contributed by atoms with Gasteiger partial charge in [0.2, 0.25) is 0 Å². The van der Waals surface area contributed by atoms with E-state index in [2.05, 4.69) is 68.1 Å². The molecule has 2 aromatic carbocycles. The molecule has 2 aromatic rings. The third kappa shape index (κ3) is 4.17. The van der Waals surface area contributed by atoms with Crippen LogP contribution in [-0.2, 0) is 11.3 Å². The second-order valence-corrected chi connectivity index (χ2v) is 6.46. The molecule has 0 N–H and O–H groups in total. The van der Waals surface area contributed by atoms with Gasteiger partial charge in [0, 0.05) is 18.5 Å². The molecule has 118 valence electrons.